The van der Waals surface area contributed by atoms with Crippen LogP contribution in [0.15, 0.2) is 22.7 Å². The largest absolute Gasteiger partial charge is 0.305 e. The van der Waals surface area contributed by atoms with Gasteiger partial charge < -0.3 is 4.72 Å². The van der Waals surface area contributed by atoms with Crippen molar-refractivity contribution in [3.8, 4) is 0 Å². The Labute approximate surface area is 87.0 Å². The Bertz CT molecular complexity index is 298. The van der Waals surface area contributed by atoms with Crippen LogP contribution in [0.1, 0.15) is 0 Å². The fraction of sp³-hybridized carbons (Fsp3) is 0.143. The average Bonchev–Trinajstić information content (AvgIpc) is 1.81. The predicted molar refractivity (Wildman–Crippen MR) is 56.8 cm³/mol. The second-order valence-corrected chi connectivity index (χ2v) is 4.68. The summed E-state index contributed by atoms with van der Waals surface area (Å²) >= 11 is 9.04. The molecular weight excluding hydrogens is 262 g/mol. The van der Waals surface area contributed by atoms with Crippen LogP contribution in [0, 0.1) is 0 Å². The molecule has 12 heavy (non-hydrogen) atoms. The van der Waals surface area contributed by atoms with Crippen molar-refractivity contribution in [3.63, 3.8) is 0 Å². The number of anilines is 1. The zero-order valence-corrected chi connectivity index (χ0v) is 9.46. The van der Waals surface area contributed by atoms with Gasteiger partial charge in [-0.25, -0.2) is 4.21 Å². The summed E-state index contributed by atoms with van der Waals surface area (Å²) in [5, 5.41) is 0.609. The first-order valence-electron chi connectivity index (χ1n) is 3.14. The van der Waals surface area contributed by atoms with E-state index in [0.29, 0.717) is 5.02 Å². The first-order valence-corrected chi connectivity index (χ1v) is 5.87. The first-order chi connectivity index (χ1) is 5.58. The van der Waals surface area contributed by atoms with Gasteiger partial charge in [-0.15, -0.1) is 0 Å². The molecule has 1 unspecified atom stereocenters. The van der Waals surface area contributed by atoms with E-state index in [9.17, 15) is 4.21 Å². The third-order valence-electron chi connectivity index (χ3n) is 1.12. The van der Waals surface area contributed by atoms with E-state index >= 15 is 0 Å². The lowest BCUT2D eigenvalue weighted by atomic mass is 10.3. The number of halogens is 2. The minimum atomic E-state index is -1.06. The summed E-state index contributed by atoms with van der Waals surface area (Å²) in [4.78, 5) is 0. The topological polar surface area (TPSA) is 29.1 Å². The van der Waals surface area contributed by atoms with E-state index in [1.165, 1.54) is 0 Å². The molecule has 0 aliphatic carbocycles. The van der Waals surface area contributed by atoms with Gasteiger partial charge in [0.1, 0.15) is 11.0 Å². The number of nitrogens with one attached hydrogen (secondary N) is 1. The van der Waals surface area contributed by atoms with Gasteiger partial charge in [0.2, 0.25) is 0 Å². The van der Waals surface area contributed by atoms with Crippen molar-refractivity contribution in [2.75, 3.05) is 11.0 Å². The fourth-order valence-corrected chi connectivity index (χ4v) is 2.09. The van der Waals surface area contributed by atoms with E-state index in [-0.39, 0.29) is 0 Å². The molecule has 0 aromatic heterocycles. The van der Waals surface area contributed by atoms with Crippen molar-refractivity contribution in [2.45, 2.75) is 0 Å². The van der Waals surface area contributed by atoms with Crippen LogP contribution in [0.2, 0.25) is 5.02 Å². The van der Waals surface area contributed by atoms with E-state index < -0.39 is 11.0 Å². The number of rotatable bonds is 2. The molecule has 0 amide bonds. The number of benzene rings is 1. The zero-order chi connectivity index (χ0) is 9.14. The minimum Gasteiger partial charge on any atom is -0.305 e. The van der Waals surface area contributed by atoms with E-state index in [2.05, 4.69) is 20.7 Å². The molecule has 0 radical (unpaired) electrons. The van der Waals surface area contributed by atoms with Crippen molar-refractivity contribution in [2.24, 2.45) is 0 Å². The van der Waals surface area contributed by atoms with Crippen molar-refractivity contribution in [1.29, 1.82) is 0 Å². The Morgan fingerprint density at radius 3 is 2.67 bits per heavy atom. The van der Waals surface area contributed by atoms with Crippen LogP contribution in [-0.2, 0) is 11.0 Å². The Kier molecular flexibility index (Phi) is 3.55. The SMILES string of the molecule is CS(=O)Nc1cc(Cl)cc(Br)c1. The molecular formula is C7H7BrClNOS. The van der Waals surface area contributed by atoms with Gasteiger partial charge in [0.05, 0.1) is 0 Å². The molecule has 0 saturated carbocycles. The smallest absolute Gasteiger partial charge is 0.113 e. The van der Waals surface area contributed by atoms with Gasteiger partial charge in [-0.05, 0) is 18.2 Å². The minimum absolute atomic E-state index is 0.609. The molecule has 0 fully saturated rings. The highest BCUT2D eigenvalue weighted by atomic mass is 79.9. The maximum atomic E-state index is 10.8. The molecule has 0 spiro atoms. The van der Waals surface area contributed by atoms with Gasteiger partial charge in [-0.3, -0.25) is 0 Å². The molecule has 0 aliphatic heterocycles. The molecule has 1 atom stereocenters. The van der Waals surface area contributed by atoms with Crippen LogP contribution in [0.4, 0.5) is 5.69 Å². The molecule has 0 heterocycles. The van der Waals surface area contributed by atoms with Crippen molar-refractivity contribution >= 4 is 44.2 Å². The molecule has 1 N–H and O–H groups in total. The average molecular weight is 269 g/mol. The summed E-state index contributed by atoms with van der Waals surface area (Å²) in [5.41, 5.74) is 0.746. The van der Waals surface area contributed by atoms with Crippen LogP contribution in [0.25, 0.3) is 0 Å². The number of hydrogen-bond donors (Lipinski definition) is 1. The highest BCUT2D eigenvalue weighted by Crippen LogP contribution is 2.22. The van der Waals surface area contributed by atoms with E-state index in [0.717, 1.165) is 10.2 Å². The predicted octanol–water partition coefficient (Wildman–Crippen LogP) is 2.81. The van der Waals surface area contributed by atoms with Crippen LogP contribution in [0.5, 0.6) is 0 Å². The highest BCUT2D eigenvalue weighted by Gasteiger charge is 1.97. The molecule has 2 nitrogen and oxygen atoms in total. The number of hydrogen-bond acceptors (Lipinski definition) is 1. The van der Waals surface area contributed by atoms with Gasteiger partial charge in [-0.1, -0.05) is 27.5 Å². The van der Waals surface area contributed by atoms with E-state index in [4.69, 9.17) is 11.6 Å². The quantitative estimate of drug-likeness (QED) is 0.878. The molecule has 1 rings (SSSR count). The molecule has 1 aromatic carbocycles. The van der Waals surface area contributed by atoms with Crippen molar-refractivity contribution in [3.05, 3.63) is 27.7 Å². The zero-order valence-electron chi connectivity index (χ0n) is 6.30. The molecule has 0 bridgehead atoms. The van der Waals surface area contributed by atoms with Crippen LogP contribution in [-0.4, -0.2) is 10.5 Å². The van der Waals surface area contributed by atoms with Crippen LogP contribution < -0.4 is 4.72 Å². The second-order valence-electron chi connectivity index (χ2n) is 2.21. The van der Waals surface area contributed by atoms with E-state index in [1.807, 2.05) is 6.07 Å². The summed E-state index contributed by atoms with van der Waals surface area (Å²) in [6.07, 6.45) is 1.56. The second kappa shape index (κ2) is 4.25. The van der Waals surface area contributed by atoms with Gasteiger partial charge in [0, 0.05) is 21.4 Å². The fourth-order valence-electron chi connectivity index (χ4n) is 0.779. The Balaban J connectivity index is 2.93. The molecule has 0 aliphatic rings. The normalized spacial score (nSPS) is 12.6. The van der Waals surface area contributed by atoms with Gasteiger partial charge >= 0.3 is 0 Å². The highest BCUT2D eigenvalue weighted by molar-refractivity contribution is 9.10. The summed E-state index contributed by atoms with van der Waals surface area (Å²) < 4.78 is 14.4. The van der Waals surface area contributed by atoms with E-state index in [1.54, 1.807) is 18.4 Å². The monoisotopic (exact) mass is 267 g/mol. The molecule has 66 valence electrons. The third kappa shape index (κ3) is 3.13. The Morgan fingerprint density at radius 1 is 1.50 bits per heavy atom. The maximum absolute atomic E-state index is 10.8. The van der Waals surface area contributed by atoms with Crippen LogP contribution >= 0.6 is 27.5 Å². The molecule has 5 heteroatoms. The summed E-state index contributed by atoms with van der Waals surface area (Å²) in [6, 6.07) is 5.30. The van der Waals surface area contributed by atoms with Crippen LogP contribution in [0.3, 0.4) is 0 Å². The van der Waals surface area contributed by atoms with Gasteiger partial charge in [0.15, 0.2) is 0 Å². The lowest BCUT2D eigenvalue weighted by molar-refractivity contribution is 0.690. The van der Waals surface area contributed by atoms with Crippen molar-refractivity contribution in [1.82, 2.24) is 0 Å². The van der Waals surface area contributed by atoms with Gasteiger partial charge in [0.25, 0.3) is 0 Å². The summed E-state index contributed by atoms with van der Waals surface area (Å²) in [5.74, 6) is 0. The Morgan fingerprint density at radius 2 is 2.17 bits per heavy atom. The standard InChI is InChI=1S/C7H7BrClNOS/c1-12(11)10-7-3-5(8)2-6(9)4-7/h2-4,10H,1H3. The van der Waals surface area contributed by atoms with Crippen molar-refractivity contribution < 1.29 is 4.21 Å². The Hall–Kier alpha value is -0.0600. The molecule has 0 saturated heterocycles. The molecule has 1 aromatic rings. The summed E-state index contributed by atoms with van der Waals surface area (Å²) in [7, 11) is -1.06. The lowest BCUT2D eigenvalue weighted by Crippen LogP contribution is -2.00. The maximum Gasteiger partial charge on any atom is 0.113 e. The first kappa shape index (κ1) is 10.0. The third-order valence-corrected chi connectivity index (χ3v) is 2.32. The lowest BCUT2D eigenvalue weighted by Gasteiger charge is -2.02. The van der Waals surface area contributed by atoms with Gasteiger partial charge in [-0.2, -0.15) is 0 Å². The summed E-state index contributed by atoms with van der Waals surface area (Å²) in [6.45, 7) is 0.